The number of nitrogens with one attached hydrogen (secondary N) is 1. The second-order valence-corrected chi connectivity index (χ2v) is 2.58. The zero-order valence-corrected chi connectivity index (χ0v) is 6.13. The summed E-state index contributed by atoms with van der Waals surface area (Å²) < 4.78 is 5.13. The van der Waals surface area contributed by atoms with Gasteiger partial charge in [0.25, 0.3) is 0 Å². The molecule has 1 N–H and O–H groups in total. The Bertz CT molecular complexity index is 135. The summed E-state index contributed by atoms with van der Waals surface area (Å²) in [5.74, 6) is 0. The minimum Gasteiger partial charge on any atom is -0.380 e. The molecule has 1 fully saturated rings. The molecule has 1 aliphatic heterocycles. The van der Waals surface area contributed by atoms with E-state index in [1.165, 1.54) is 0 Å². The van der Waals surface area contributed by atoms with Gasteiger partial charge >= 0.3 is 0 Å². The summed E-state index contributed by atoms with van der Waals surface area (Å²) in [5, 5.41) is 11.6. The molecule has 3 nitrogen and oxygen atoms in total. The highest BCUT2D eigenvalue weighted by atomic mass is 16.5. The summed E-state index contributed by atoms with van der Waals surface area (Å²) in [7, 11) is 0. The van der Waals surface area contributed by atoms with Gasteiger partial charge in [0.2, 0.25) is 0 Å². The van der Waals surface area contributed by atoms with E-state index >= 15 is 0 Å². The first-order valence-corrected chi connectivity index (χ1v) is 3.56. The van der Waals surface area contributed by atoms with Crippen LogP contribution in [-0.2, 0) is 4.74 Å². The molecule has 2 unspecified atom stereocenters. The van der Waals surface area contributed by atoms with Crippen molar-refractivity contribution in [2.24, 2.45) is 0 Å². The first-order chi connectivity index (χ1) is 4.83. The molecule has 0 aliphatic carbocycles. The van der Waals surface area contributed by atoms with Crippen molar-refractivity contribution in [3.8, 4) is 6.07 Å². The van der Waals surface area contributed by atoms with Crippen molar-refractivity contribution in [2.75, 3.05) is 13.2 Å². The maximum absolute atomic E-state index is 8.44. The standard InChI is InChI=1S/C7H12N2O/c1-6(4-8)9-7-2-3-10-5-7/h6-7,9H,2-3,5H2,1H3. The average Bonchev–Trinajstić information content (AvgIpc) is 2.40. The lowest BCUT2D eigenvalue weighted by atomic mass is 10.2. The SMILES string of the molecule is CC(C#N)NC1CCOC1. The van der Waals surface area contributed by atoms with Crippen molar-refractivity contribution in [1.82, 2.24) is 5.32 Å². The van der Waals surface area contributed by atoms with E-state index in [1.807, 2.05) is 6.92 Å². The maximum atomic E-state index is 8.44. The second-order valence-electron chi connectivity index (χ2n) is 2.58. The van der Waals surface area contributed by atoms with Crippen LogP contribution in [0.5, 0.6) is 0 Å². The molecule has 1 rings (SSSR count). The molecule has 1 saturated heterocycles. The molecule has 3 heteroatoms. The number of rotatable bonds is 2. The van der Waals surface area contributed by atoms with Crippen LogP contribution < -0.4 is 5.32 Å². The lowest BCUT2D eigenvalue weighted by molar-refractivity contribution is 0.189. The molecule has 1 aliphatic rings. The molecular formula is C7H12N2O. The van der Waals surface area contributed by atoms with Gasteiger partial charge in [-0.25, -0.2) is 0 Å². The highest BCUT2D eigenvalue weighted by Gasteiger charge is 2.16. The number of nitriles is 1. The van der Waals surface area contributed by atoms with Crippen molar-refractivity contribution in [1.29, 1.82) is 5.26 Å². The fourth-order valence-electron chi connectivity index (χ4n) is 1.06. The van der Waals surface area contributed by atoms with Gasteiger partial charge in [-0.05, 0) is 13.3 Å². The summed E-state index contributed by atoms with van der Waals surface area (Å²) in [6, 6.07) is 2.47. The lowest BCUT2D eigenvalue weighted by Gasteiger charge is -2.10. The molecule has 0 aromatic carbocycles. The van der Waals surface area contributed by atoms with Crippen LogP contribution in [-0.4, -0.2) is 25.3 Å². The maximum Gasteiger partial charge on any atom is 0.0927 e. The number of nitrogens with zero attached hydrogens (tertiary/aromatic N) is 1. The summed E-state index contributed by atoms with van der Waals surface area (Å²) in [4.78, 5) is 0. The summed E-state index contributed by atoms with van der Waals surface area (Å²) in [6.45, 7) is 3.44. The summed E-state index contributed by atoms with van der Waals surface area (Å²) in [5.41, 5.74) is 0. The third kappa shape index (κ3) is 1.98. The molecule has 0 bridgehead atoms. The first-order valence-electron chi connectivity index (χ1n) is 3.56. The second kappa shape index (κ2) is 3.55. The molecule has 1 heterocycles. The van der Waals surface area contributed by atoms with E-state index in [4.69, 9.17) is 10.00 Å². The van der Waals surface area contributed by atoms with Gasteiger partial charge in [-0.3, -0.25) is 5.32 Å². The van der Waals surface area contributed by atoms with Crippen LogP contribution in [0.25, 0.3) is 0 Å². The number of ether oxygens (including phenoxy) is 1. The first kappa shape index (κ1) is 7.52. The Hall–Kier alpha value is -0.590. The van der Waals surface area contributed by atoms with E-state index in [2.05, 4.69) is 11.4 Å². The smallest absolute Gasteiger partial charge is 0.0927 e. The van der Waals surface area contributed by atoms with Crippen LogP contribution in [0.1, 0.15) is 13.3 Å². The van der Waals surface area contributed by atoms with Gasteiger partial charge in [-0.2, -0.15) is 5.26 Å². The zero-order valence-electron chi connectivity index (χ0n) is 6.13. The Balaban J connectivity index is 2.19. The quantitative estimate of drug-likeness (QED) is 0.599. The van der Waals surface area contributed by atoms with Crippen molar-refractivity contribution in [2.45, 2.75) is 25.4 Å². The van der Waals surface area contributed by atoms with Gasteiger partial charge in [-0.15, -0.1) is 0 Å². The van der Waals surface area contributed by atoms with E-state index in [1.54, 1.807) is 0 Å². The van der Waals surface area contributed by atoms with E-state index in [0.29, 0.717) is 6.04 Å². The molecule has 0 amide bonds. The summed E-state index contributed by atoms with van der Waals surface area (Å²) >= 11 is 0. The number of hydrogen-bond acceptors (Lipinski definition) is 3. The minimum atomic E-state index is -0.0494. The normalized spacial score (nSPS) is 27.8. The largest absolute Gasteiger partial charge is 0.380 e. The summed E-state index contributed by atoms with van der Waals surface area (Å²) in [6.07, 6.45) is 1.03. The molecule has 0 aromatic heterocycles. The molecule has 0 saturated carbocycles. The third-order valence-corrected chi connectivity index (χ3v) is 1.61. The highest BCUT2D eigenvalue weighted by Crippen LogP contribution is 2.03. The molecule has 2 atom stereocenters. The van der Waals surface area contributed by atoms with Crippen molar-refractivity contribution in [3.05, 3.63) is 0 Å². The molecule has 0 radical (unpaired) electrons. The molecule has 0 aromatic rings. The Morgan fingerprint density at radius 2 is 2.60 bits per heavy atom. The molecule has 56 valence electrons. The van der Waals surface area contributed by atoms with Crippen molar-refractivity contribution >= 4 is 0 Å². The fraction of sp³-hybridized carbons (Fsp3) is 0.857. The Kier molecular flexibility index (Phi) is 2.67. The van der Waals surface area contributed by atoms with Crippen LogP contribution in [0.3, 0.4) is 0 Å². The molecule has 0 spiro atoms. The van der Waals surface area contributed by atoms with Crippen molar-refractivity contribution < 1.29 is 4.74 Å². The van der Waals surface area contributed by atoms with Crippen LogP contribution >= 0.6 is 0 Å². The van der Waals surface area contributed by atoms with E-state index in [9.17, 15) is 0 Å². The fourth-order valence-corrected chi connectivity index (χ4v) is 1.06. The van der Waals surface area contributed by atoms with Gasteiger partial charge in [0.15, 0.2) is 0 Å². The van der Waals surface area contributed by atoms with Gasteiger partial charge in [0, 0.05) is 12.6 Å². The van der Waals surface area contributed by atoms with Gasteiger partial charge in [-0.1, -0.05) is 0 Å². The monoisotopic (exact) mass is 140 g/mol. The number of hydrogen-bond donors (Lipinski definition) is 1. The topological polar surface area (TPSA) is 45.0 Å². The van der Waals surface area contributed by atoms with E-state index in [-0.39, 0.29) is 6.04 Å². The Morgan fingerprint density at radius 3 is 3.10 bits per heavy atom. The molecule has 10 heavy (non-hydrogen) atoms. The third-order valence-electron chi connectivity index (χ3n) is 1.61. The van der Waals surface area contributed by atoms with Crippen LogP contribution in [0.4, 0.5) is 0 Å². The van der Waals surface area contributed by atoms with Gasteiger partial charge in [0.1, 0.15) is 0 Å². The van der Waals surface area contributed by atoms with E-state index < -0.39 is 0 Å². The average molecular weight is 140 g/mol. The van der Waals surface area contributed by atoms with Gasteiger partial charge < -0.3 is 4.74 Å². The highest BCUT2D eigenvalue weighted by molar-refractivity contribution is 4.88. The van der Waals surface area contributed by atoms with E-state index in [0.717, 1.165) is 19.6 Å². The Morgan fingerprint density at radius 1 is 1.80 bits per heavy atom. The molecular weight excluding hydrogens is 128 g/mol. The predicted molar refractivity (Wildman–Crippen MR) is 37.4 cm³/mol. The zero-order chi connectivity index (χ0) is 7.40. The lowest BCUT2D eigenvalue weighted by Crippen LogP contribution is -2.35. The Labute approximate surface area is 61.0 Å². The van der Waals surface area contributed by atoms with Crippen LogP contribution in [0, 0.1) is 11.3 Å². The van der Waals surface area contributed by atoms with Gasteiger partial charge in [0.05, 0.1) is 18.7 Å². The minimum absolute atomic E-state index is 0.0494. The van der Waals surface area contributed by atoms with Crippen LogP contribution in [0.15, 0.2) is 0 Å². The predicted octanol–water partition coefficient (Wildman–Crippen LogP) is 0.277. The van der Waals surface area contributed by atoms with Crippen molar-refractivity contribution in [3.63, 3.8) is 0 Å². The van der Waals surface area contributed by atoms with Crippen LogP contribution in [0.2, 0.25) is 0 Å².